The molecule has 1 aromatic heterocycles. The van der Waals surface area contributed by atoms with Crippen LogP contribution in [0.1, 0.15) is 81.0 Å². The Morgan fingerprint density at radius 1 is 0.474 bits per heavy atom. The van der Waals surface area contributed by atoms with Gasteiger partial charge in [-0.2, -0.15) is 0 Å². The Labute approximate surface area is 664 Å². The van der Waals surface area contributed by atoms with E-state index < -0.39 is 211 Å². The number of fused-ring (bicyclic) bond motifs is 1. The Balaban J connectivity index is 1.46. The predicted octanol–water partition coefficient (Wildman–Crippen LogP) is -5.30. The van der Waals surface area contributed by atoms with Gasteiger partial charge in [0.25, 0.3) is 0 Å². The zero-order valence-electron chi connectivity index (χ0n) is 62.9. The summed E-state index contributed by atoms with van der Waals surface area (Å²) in [4.78, 5) is 216. The highest BCUT2D eigenvalue weighted by Gasteiger charge is 2.39. The number of amides is 14. The maximum absolute atomic E-state index is 15.4. The molecular weight excluding hydrogens is 1520 g/mol. The number of nitrogens with one attached hydrogen (secondary N) is 14. The molecule has 6 rings (SSSR count). The molecule has 0 spiro atoms. The smallest absolute Gasteiger partial charge is 0.327 e. The number of nitrogens with two attached hydrogens (primary N) is 4. The number of hydrogen-bond acceptors (Lipinski definition) is 23. The third-order valence-corrected chi connectivity index (χ3v) is 20.4. The van der Waals surface area contributed by atoms with Crippen molar-refractivity contribution < 1.29 is 92.3 Å². The molecule has 618 valence electrons. The van der Waals surface area contributed by atoms with E-state index in [0.29, 0.717) is 39.6 Å². The quantitative estimate of drug-likeness (QED) is 0.0182. The van der Waals surface area contributed by atoms with Gasteiger partial charge >= 0.3 is 5.97 Å². The number of aromatic amines is 1. The number of carbonyl (C=O) groups is 15. The van der Waals surface area contributed by atoms with Crippen LogP contribution >= 0.6 is 21.6 Å². The maximum Gasteiger partial charge on any atom is 0.327 e. The molecule has 14 amide bonds. The number of carboxylic acids is 1. The van der Waals surface area contributed by atoms with E-state index in [-0.39, 0.29) is 70.9 Å². The van der Waals surface area contributed by atoms with Crippen molar-refractivity contribution in [2.45, 2.75) is 169 Å². The number of aliphatic hydroxyl groups is 3. The number of unbranched alkanes of at least 4 members (excludes halogenated alkanes) is 2. The first-order chi connectivity index (χ1) is 54.5. The largest absolute Gasteiger partial charge is 0.480 e. The topological polar surface area (TPSA) is 613 Å². The molecule has 37 nitrogen and oxygen atoms in total. The van der Waals surface area contributed by atoms with Crippen molar-refractivity contribution in [2.24, 2.45) is 22.9 Å². The summed E-state index contributed by atoms with van der Waals surface area (Å²) in [6.45, 7) is -0.369. The van der Waals surface area contributed by atoms with Gasteiger partial charge in [0, 0.05) is 54.3 Å². The number of aliphatic hydroxyl groups excluding tert-OH is 3. The van der Waals surface area contributed by atoms with E-state index in [1.807, 2.05) is 0 Å². The number of para-hydroxylation sites is 1. The van der Waals surface area contributed by atoms with Gasteiger partial charge in [0.1, 0.15) is 72.5 Å². The average Bonchev–Trinajstić information content (AvgIpc) is 1.62. The lowest BCUT2D eigenvalue weighted by molar-refractivity contribution is -0.142. The molecular formula is C75H102N18O19S2. The summed E-state index contributed by atoms with van der Waals surface area (Å²) in [6.07, 6.45) is -1.66. The highest BCUT2D eigenvalue weighted by atomic mass is 33.1. The number of benzene rings is 4. The lowest BCUT2D eigenvalue weighted by atomic mass is 10.00. The lowest BCUT2D eigenvalue weighted by Crippen LogP contribution is -2.63. The van der Waals surface area contributed by atoms with E-state index >= 15 is 14.4 Å². The van der Waals surface area contributed by atoms with Gasteiger partial charge in [-0.1, -0.05) is 131 Å². The highest BCUT2D eigenvalue weighted by molar-refractivity contribution is 8.76. The molecule has 4 aromatic carbocycles. The summed E-state index contributed by atoms with van der Waals surface area (Å²) in [6, 6.07) is 9.64. The van der Waals surface area contributed by atoms with Crippen LogP contribution in [-0.2, 0) is 97.6 Å². The minimum Gasteiger partial charge on any atom is -0.480 e. The van der Waals surface area contributed by atoms with Crippen molar-refractivity contribution in [3.8, 4) is 0 Å². The fraction of sp³-hybridized carbons (Fsp3) is 0.453. The van der Waals surface area contributed by atoms with Crippen LogP contribution < -0.4 is 92.1 Å². The molecule has 1 saturated heterocycles. The van der Waals surface area contributed by atoms with Crippen molar-refractivity contribution in [2.75, 3.05) is 44.4 Å². The summed E-state index contributed by atoms with van der Waals surface area (Å²) in [5, 5.41) is 75.3. The van der Waals surface area contributed by atoms with Gasteiger partial charge in [-0.25, -0.2) is 4.79 Å². The van der Waals surface area contributed by atoms with Crippen molar-refractivity contribution in [1.82, 2.24) is 74.1 Å². The van der Waals surface area contributed by atoms with Gasteiger partial charge in [0.2, 0.25) is 82.7 Å². The molecule has 39 heteroatoms. The molecule has 0 saturated carbocycles. The number of H-pyrrole nitrogens is 1. The zero-order chi connectivity index (χ0) is 83.4. The van der Waals surface area contributed by atoms with E-state index in [1.54, 1.807) is 121 Å². The first-order valence-electron chi connectivity index (χ1n) is 36.9. The molecule has 5 aromatic rings. The third kappa shape index (κ3) is 30.1. The fourth-order valence-electron chi connectivity index (χ4n) is 11.8. The Bertz CT molecular complexity index is 4090. The molecule has 1 aliphatic heterocycles. The van der Waals surface area contributed by atoms with Crippen molar-refractivity contribution in [3.05, 3.63) is 144 Å². The molecule has 14 atom stereocenters. The van der Waals surface area contributed by atoms with Crippen LogP contribution in [-0.4, -0.2) is 243 Å². The summed E-state index contributed by atoms with van der Waals surface area (Å²) in [5.41, 5.74) is 25.6. The molecule has 1 aliphatic rings. The van der Waals surface area contributed by atoms with Crippen molar-refractivity contribution in [3.63, 3.8) is 0 Å². The van der Waals surface area contributed by atoms with Gasteiger partial charge < -0.3 is 117 Å². The fourth-order valence-corrected chi connectivity index (χ4v) is 14.1. The number of primary amides is 1. The van der Waals surface area contributed by atoms with Gasteiger partial charge in [0.15, 0.2) is 0 Å². The maximum atomic E-state index is 15.4. The minimum absolute atomic E-state index is 0.105. The van der Waals surface area contributed by atoms with Gasteiger partial charge in [-0.15, -0.1) is 0 Å². The van der Waals surface area contributed by atoms with E-state index in [1.165, 1.54) is 6.92 Å². The van der Waals surface area contributed by atoms with Crippen LogP contribution in [0.15, 0.2) is 121 Å². The zero-order valence-corrected chi connectivity index (χ0v) is 64.5. The van der Waals surface area contributed by atoms with Crippen LogP contribution in [0.4, 0.5) is 0 Å². The summed E-state index contributed by atoms with van der Waals surface area (Å²) in [5.74, 6) is -17.7. The Morgan fingerprint density at radius 2 is 0.860 bits per heavy atom. The number of aliphatic carboxylic acids is 1. The standard InChI is InChI=1S/C75H102N18O19S2/c1-41(78)63(99)81-36-61(98)82-58-39-113-114-40-59(75(111)112)92-72(108)57(38-95)91-71(107)56(37-94)90-68(104)53(32-45-22-10-5-11-23-45)89-74(110)62(42(2)96)93-65(101)50(27-15-17-29-77)83-69(105)54(33-46-35-80-48-25-13-12-24-47(46)48)87-67(103)52(31-44-20-8-4-9-21-44)85-66(102)51(30-43-18-6-3-7-19-43)86-70(106)55(34-60(79)97)88-64(100)49(84-73(58)109)26-14-16-28-76/h3-13,18-25,35,41-42,49-59,62,80,94-96H,14-17,26-34,36-40,76-78H2,1-2H3,(H2,79,97)(H,81,99)(H,82,98)(H,83,105)(H,84,109)(H,85,102)(H,86,106)(H,87,103)(H,88,100)(H,89,110)(H,90,104)(H,91,107)(H,92,108)(H,93,101)(H,111,112)/t41-,42+,49-,50-,51-,52-,53-,54-,55-,56-,57-,58-,59-,62-/m0/s1. The van der Waals surface area contributed by atoms with Crippen LogP contribution in [0, 0.1) is 0 Å². The van der Waals surface area contributed by atoms with Gasteiger partial charge in [-0.05, 0) is 93.8 Å². The molecule has 0 bridgehead atoms. The molecule has 2 heterocycles. The number of hydrogen-bond donors (Lipinski definition) is 22. The summed E-state index contributed by atoms with van der Waals surface area (Å²) in [7, 11) is 1.49. The molecule has 0 aliphatic carbocycles. The number of rotatable bonds is 26. The van der Waals surface area contributed by atoms with E-state index in [4.69, 9.17) is 22.9 Å². The van der Waals surface area contributed by atoms with Crippen molar-refractivity contribution >= 4 is 121 Å². The second-order valence-electron chi connectivity index (χ2n) is 27.1. The first kappa shape index (κ1) is 91.8. The monoisotopic (exact) mass is 1620 g/mol. The van der Waals surface area contributed by atoms with E-state index in [9.17, 15) is 78.0 Å². The normalized spacial score (nSPS) is 23.6. The number of carbonyl (C=O) groups excluding carboxylic acids is 14. The third-order valence-electron chi connectivity index (χ3n) is 18.0. The second kappa shape index (κ2) is 47.4. The minimum atomic E-state index is -1.96. The summed E-state index contributed by atoms with van der Waals surface area (Å²) < 4.78 is 0. The van der Waals surface area contributed by atoms with Gasteiger partial charge in [-0.3, -0.25) is 67.1 Å². The van der Waals surface area contributed by atoms with Crippen LogP contribution in [0.25, 0.3) is 10.9 Å². The Morgan fingerprint density at radius 3 is 1.32 bits per heavy atom. The molecule has 0 radical (unpaired) electrons. The lowest BCUT2D eigenvalue weighted by Gasteiger charge is -2.29. The van der Waals surface area contributed by atoms with E-state index in [2.05, 4.69) is 74.1 Å². The van der Waals surface area contributed by atoms with Gasteiger partial charge in [0.05, 0.1) is 38.3 Å². The Hall–Kier alpha value is -11.1. The second-order valence-corrected chi connectivity index (χ2v) is 29.7. The molecule has 26 N–H and O–H groups in total. The first-order valence-corrected chi connectivity index (χ1v) is 39.4. The van der Waals surface area contributed by atoms with Crippen LogP contribution in [0.5, 0.6) is 0 Å². The summed E-state index contributed by atoms with van der Waals surface area (Å²) >= 11 is 0. The molecule has 0 unspecified atom stereocenters. The van der Waals surface area contributed by atoms with Crippen LogP contribution in [0.2, 0.25) is 0 Å². The average molecular weight is 1620 g/mol. The highest BCUT2D eigenvalue weighted by Crippen LogP contribution is 2.24. The molecule has 114 heavy (non-hydrogen) atoms. The SMILES string of the molecule is C[C@H](N)C(=O)NCC(=O)N[C@H]1CSSC[C@@H](C(=O)O)NC(=O)[C@H](CO)NC(=O)[C@H](CO)NC(=O)[C@H](Cc2ccccc2)NC(=O)[C@H]([C@@H](C)O)NC(=O)[C@H](CCCCN)NC(=O)[C@H](Cc2c[nH]c3ccccc23)NC(=O)[C@H](Cc2ccccc2)NC(=O)[C@H](Cc2ccccc2)NC(=O)[C@H](CC(N)=O)NC(=O)[C@H](CCCCN)NC1=O. The van der Waals surface area contributed by atoms with Crippen LogP contribution in [0.3, 0.4) is 0 Å². The predicted molar refractivity (Wildman–Crippen MR) is 420 cm³/mol. The van der Waals surface area contributed by atoms with E-state index in [0.717, 1.165) is 28.5 Å². The number of carboxylic acid groups (broad SMARTS) is 1. The Kier molecular flexibility index (Phi) is 38.2. The molecule has 1 fully saturated rings. The van der Waals surface area contributed by atoms with Crippen molar-refractivity contribution in [1.29, 1.82) is 0 Å². The number of aromatic nitrogens is 1.